The standard InChI is InChI=1S/C22H23N3OS/c1-15-7-6-10-20(16(15)2)25(17(3)26)22-23-19(14-27-22)13-24-12-11-18-8-4-5-9-21(18)24/h4-10,14H,11-13H2,1-3H3. The molecule has 2 heterocycles. The maximum atomic E-state index is 12.4. The highest BCUT2D eigenvalue weighted by Gasteiger charge is 2.22. The van der Waals surface area contributed by atoms with E-state index in [1.807, 2.05) is 12.1 Å². The average molecular weight is 378 g/mol. The highest BCUT2D eigenvalue weighted by atomic mass is 32.1. The molecule has 0 atom stereocenters. The lowest BCUT2D eigenvalue weighted by Gasteiger charge is -2.21. The molecule has 0 spiro atoms. The van der Waals surface area contributed by atoms with Gasteiger partial charge in [-0.3, -0.25) is 9.69 Å². The van der Waals surface area contributed by atoms with Crippen molar-refractivity contribution in [1.82, 2.24) is 4.98 Å². The van der Waals surface area contributed by atoms with Crippen molar-refractivity contribution in [3.63, 3.8) is 0 Å². The highest BCUT2D eigenvalue weighted by molar-refractivity contribution is 7.14. The average Bonchev–Trinajstić information content (AvgIpc) is 3.27. The molecule has 138 valence electrons. The van der Waals surface area contributed by atoms with Gasteiger partial charge in [-0.15, -0.1) is 11.3 Å². The van der Waals surface area contributed by atoms with Gasteiger partial charge in [-0.05, 0) is 49.1 Å². The molecule has 3 aromatic rings. The molecule has 0 N–H and O–H groups in total. The zero-order chi connectivity index (χ0) is 19.0. The molecule has 0 saturated heterocycles. The van der Waals surface area contributed by atoms with Gasteiger partial charge in [-0.2, -0.15) is 0 Å². The molecule has 1 aliphatic heterocycles. The first-order chi connectivity index (χ1) is 13.0. The second-order valence-corrected chi connectivity index (χ2v) is 7.83. The highest BCUT2D eigenvalue weighted by Crippen LogP contribution is 2.34. The Kier molecular flexibility index (Phi) is 4.70. The van der Waals surface area contributed by atoms with Crippen molar-refractivity contribution in [3.8, 4) is 0 Å². The summed E-state index contributed by atoms with van der Waals surface area (Å²) >= 11 is 1.53. The maximum Gasteiger partial charge on any atom is 0.230 e. The van der Waals surface area contributed by atoms with Crippen LogP contribution in [-0.4, -0.2) is 17.4 Å². The van der Waals surface area contributed by atoms with Crippen molar-refractivity contribution >= 4 is 33.8 Å². The topological polar surface area (TPSA) is 36.4 Å². The Morgan fingerprint density at radius 3 is 2.81 bits per heavy atom. The van der Waals surface area contributed by atoms with Crippen LogP contribution in [0.25, 0.3) is 0 Å². The summed E-state index contributed by atoms with van der Waals surface area (Å²) in [6.07, 6.45) is 1.08. The predicted octanol–water partition coefficient (Wildman–Crippen LogP) is 5.01. The summed E-state index contributed by atoms with van der Waals surface area (Å²) in [7, 11) is 0. The molecule has 5 heteroatoms. The van der Waals surface area contributed by atoms with Crippen LogP contribution in [0.2, 0.25) is 0 Å². The minimum Gasteiger partial charge on any atom is -0.365 e. The molecular formula is C22H23N3OS. The lowest BCUT2D eigenvalue weighted by molar-refractivity contribution is -0.115. The second-order valence-electron chi connectivity index (χ2n) is 7.00. The van der Waals surface area contributed by atoms with E-state index in [1.165, 1.54) is 28.2 Å². The number of para-hydroxylation sites is 1. The number of anilines is 3. The Morgan fingerprint density at radius 2 is 2.00 bits per heavy atom. The van der Waals surface area contributed by atoms with E-state index >= 15 is 0 Å². The van der Waals surface area contributed by atoms with Crippen LogP contribution in [0.1, 0.15) is 29.3 Å². The van der Waals surface area contributed by atoms with Crippen molar-refractivity contribution in [3.05, 3.63) is 70.2 Å². The van der Waals surface area contributed by atoms with Crippen LogP contribution in [0.4, 0.5) is 16.5 Å². The number of hydrogen-bond acceptors (Lipinski definition) is 4. The lowest BCUT2D eigenvalue weighted by Crippen LogP contribution is -2.24. The fraction of sp³-hybridized carbons (Fsp3) is 0.273. The Hall–Kier alpha value is -2.66. The second kappa shape index (κ2) is 7.16. The summed E-state index contributed by atoms with van der Waals surface area (Å²) < 4.78 is 0. The van der Waals surface area contributed by atoms with Crippen LogP contribution < -0.4 is 9.80 Å². The molecule has 0 fully saturated rings. The summed E-state index contributed by atoms with van der Waals surface area (Å²) in [6, 6.07) is 14.6. The number of fused-ring (bicyclic) bond motifs is 1. The molecule has 0 saturated carbocycles. The number of carbonyl (C=O) groups is 1. The SMILES string of the molecule is CC(=O)N(c1nc(CN2CCc3ccccc32)cs1)c1cccc(C)c1C. The van der Waals surface area contributed by atoms with Crippen molar-refractivity contribution in [2.45, 2.75) is 33.7 Å². The van der Waals surface area contributed by atoms with Crippen LogP contribution in [0.5, 0.6) is 0 Å². The molecule has 4 rings (SSSR count). The van der Waals surface area contributed by atoms with Crippen LogP contribution in [-0.2, 0) is 17.8 Å². The van der Waals surface area contributed by atoms with Gasteiger partial charge in [0, 0.05) is 24.5 Å². The van der Waals surface area contributed by atoms with Gasteiger partial charge >= 0.3 is 0 Å². The molecule has 0 unspecified atom stereocenters. The number of carbonyl (C=O) groups excluding carboxylic acids is 1. The Morgan fingerprint density at radius 1 is 1.19 bits per heavy atom. The molecule has 1 amide bonds. The zero-order valence-electron chi connectivity index (χ0n) is 15.9. The number of amides is 1. The van der Waals surface area contributed by atoms with E-state index in [-0.39, 0.29) is 5.91 Å². The maximum absolute atomic E-state index is 12.4. The lowest BCUT2D eigenvalue weighted by atomic mass is 10.1. The first kappa shape index (κ1) is 17.7. The fourth-order valence-electron chi connectivity index (χ4n) is 3.62. The normalized spacial score (nSPS) is 12.9. The minimum atomic E-state index is -0.0175. The number of aryl methyl sites for hydroxylation is 1. The molecule has 0 aliphatic carbocycles. The van der Waals surface area contributed by atoms with Gasteiger partial charge in [0.05, 0.1) is 17.9 Å². The van der Waals surface area contributed by atoms with Crippen LogP contribution in [0.3, 0.4) is 0 Å². The summed E-state index contributed by atoms with van der Waals surface area (Å²) in [5, 5.41) is 2.80. The van der Waals surface area contributed by atoms with Crippen LogP contribution in [0, 0.1) is 13.8 Å². The molecule has 27 heavy (non-hydrogen) atoms. The smallest absolute Gasteiger partial charge is 0.230 e. The van der Waals surface area contributed by atoms with Gasteiger partial charge in [-0.1, -0.05) is 30.3 Å². The molecule has 0 radical (unpaired) electrons. The summed E-state index contributed by atoms with van der Waals surface area (Å²) in [5.41, 5.74) is 6.89. The number of aromatic nitrogens is 1. The molecule has 4 nitrogen and oxygen atoms in total. The third kappa shape index (κ3) is 3.35. The number of rotatable bonds is 4. The summed E-state index contributed by atoms with van der Waals surface area (Å²) in [4.78, 5) is 21.3. The summed E-state index contributed by atoms with van der Waals surface area (Å²) in [6.45, 7) is 7.50. The largest absolute Gasteiger partial charge is 0.365 e. The van der Waals surface area contributed by atoms with Crippen molar-refractivity contribution in [2.24, 2.45) is 0 Å². The molecular weight excluding hydrogens is 354 g/mol. The van der Waals surface area contributed by atoms with Gasteiger partial charge in [0.1, 0.15) is 0 Å². The first-order valence-corrected chi connectivity index (χ1v) is 10.1. The summed E-state index contributed by atoms with van der Waals surface area (Å²) in [5.74, 6) is -0.0175. The zero-order valence-corrected chi connectivity index (χ0v) is 16.7. The van der Waals surface area contributed by atoms with E-state index in [2.05, 4.69) is 54.5 Å². The van der Waals surface area contributed by atoms with E-state index in [0.717, 1.165) is 41.6 Å². The molecule has 1 aromatic heterocycles. The number of nitrogens with zero attached hydrogens (tertiary/aromatic N) is 3. The van der Waals surface area contributed by atoms with Crippen molar-refractivity contribution in [1.29, 1.82) is 0 Å². The Bertz CT molecular complexity index is 995. The first-order valence-electron chi connectivity index (χ1n) is 9.19. The van der Waals surface area contributed by atoms with E-state index in [0.29, 0.717) is 0 Å². The van der Waals surface area contributed by atoms with Gasteiger partial charge in [0.2, 0.25) is 5.91 Å². The van der Waals surface area contributed by atoms with E-state index in [1.54, 1.807) is 11.8 Å². The predicted molar refractivity (Wildman–Crippen MR) is 112 cm³/mol. The number of thiazole rings is 1. The molecule has 1 aliphatic rings. The van der Waals surface area contributed by atoms with Gasteiger partial charge in [0.15, 0.2) is 5.13 Å². The van der Waals surface area contributed by atoms with Crippen molar-refractivity contribution < 1.29 is 4.79 Å². The monoisotopic (exact) mass is 377 g/mol. The molecule has 0 bridgehead atoms. The Labute approximate surface area is 164 Å². The van der Waals surface area contributed by atoms with E-state index < -0.39 is 0 Å². The third-order valence-corrected chi connectivity index (χ3v) is 6.07. The molecule has 2 aromatic carbocycles. The van der Waals surface area contributed by atoms with Crippen LogP contribution in [0.15, 0.2) is 47.8 Å². The van der Waals surface area contributed by atoms with Crippen LogP contribution >= 0.6 is 11.3 Å². The van der Waals surface area contributed by atoms with Gasteiger partial charge < -0.3 is 4.90 Å². The quantitative estimate of drug-likeness (QED) is 0.641. The van der Waals surface area contributed by atoms with E-state index in [4.69, 9.17) is 4.98 Å². The van der Waals surface area contributed by atoms with Gasteiger partial charge in [-0.25, -0.2) is 4.98 Å². The number of hydrogen-bond donors (Lipinski definition) is 0. The minimum absolute atomic E-state index is 0.0175. The van der Waals surface area contributed by atoms with Gasteiger partial charge in [0.25, 0.3) is 0 Å². The van der Waals surface area contributed by atoms with E-state index in [9.17, 15) is 4.79 Å². The Balaban J connectivity index is 1.61. The van der Waals surface area contributed by atoms with Crippen molar-refractivity contribution in [2.75, 3.05) is 16.3 Å². The fourth-order valence-corrected chi connectivity index (χ4v) is 4.49. The number of benzene rings is 2. The third-order valence-electron chi connectivity index (χ3n) is 5.20.